The number of hydrogen-bond donors (Lipinski definition) is 1. The SMILES string of the molecule is CC(NCC1CSc2ccccc21)c1cccs1. The van der Waals surface area contributed by atoms with Crippen molar-refractivity contribution in [2.45, 2.75) is 23.8 Å². The number of hydrogen-bond acceptors (Lipinski definition) is 3. The van der Waals surface area contributed by atoms with Gasteiger partial charge in [0.2, 0.25) is 0 Å². The van der Waals surface area contributed by atoms with Crippen molar-refractivity contribution in [3.8, 4) is 0 Å². The minimum Gasteiger partial charge on any atom is -0.309 e. The van der Waals surface area contributed by atoms with Crippen LogP contribution in [-0.2, 0) is 0 Å². The molecule has 0 radical (unpaired) electrons. The number of fused-ring (bicyclic) bond motifs is 1. The zero-order valence-electron chi connectivity index (χ0n) is 10.4. The van der Waals surface area contributed by atoms with Gasteiger partial charge in [-0.05, 0) is 30.0 Å². The molecule has 0 aliphatic carbocycles. The van der Waals surface area contributed by atoms with Crippen LogP contribution in [0.25, 0.3) is 0 Å². The summed E-state index contributed by atoms with van der Waals surface area (Å²) in [5.74, 6) is 1.87. The van der Waals surface area contributed by atoms with E-state index < -0.39 is 0 Å². The first-order valence-corrected chi connectivity index (χ1v) is 8.19. The lowest BCUT2D eigenvalue weighted by atomic mass is 10.0. The first kappa shape index (κ1) is 12.3. The molecule has 3 heteroatoms. The molecule has 2 aromatic rings. The second-order valence-electron chi connectivity index (χ2n) is 4.69. The highest BCUT2D eigenvalue weighted by Crippen LogP contribution is 2.39. The van der Waals surface area contributed by atoms with Crippen molar-refractivity contribution in [2.24, 2.45) is 0 Å². The van der Waals surface area contributed by atoms with Crippen LogP contribution in [0.3, 0.4) is 0 Å². The third-order valence-corrected chi connectivity index (χ3v) is 5.75. The Kier molecular flexibility index (Phi) is 3.73. The van der Waals surface area contributed by atoms with Crippen LogP contribution < -0.4 is 5.32 Å². The van der Waals surface area contributed by atoms with Crippen molar-refractivity contribution in [3.63, 3.8) is 0 Å². The zero-order valence-corrected chi connectivity index (χ0v) is 12.1. The molecule has 0 spiro atoms. The van der Waals surface area contributed by atoms with E-state index in [9.17, 15) is 0 Å². The van der Waals surface area contributed by atoms with Crippen LogP contribution in [-0.4, -0.2) is 12.3 Å². The fourth-order valence-corrected chi connectivity index (χ4v) is 4.37. The molecular formula is C15H17NS2. The van der Waals surface area contributed by atoms with Crippen molar-refractivity contribution >= 4 is 23.1 Å². The van der Waals surface area contributed by atoms with Gasteiger partial charge in [0.15, 0.2) is 0 Å². The van der Waals surface area contributed by atoms with Crippen LogP contribution in [0.1, 0.15) is 29.3 Å². The number of thioether (sulfide) groups is 1. The van der Waals surface area contributed by atoms with Crippen molar-refractivity contribution in [1.82, 2.24) is 5.32 Å². The van der Waals surface area contributed by atoms with Gasteiger partial charge in [-0.2, -0.15) is 0 Å². The Morgan fingerprint density at radius 2 is 2.17 bits per heavy atom. The van der Waals surface area contributed by atoms with Crippen molar-refractivity contribution < 1.29 is 0 Å². The second-order valence-corrected chi connectivity index (χ2v) is 6.73. The quantitative estimate of drug-likeness (QED) is 0.893. The van der Waals surface area contributed by atoms with Crippen LogP contribution in [0.2, 0.25) is 0 Å². The Balaban J connectivity index is 1.62. The summed E-state index contributed by atoms with van der Waals surface area (Å²) in [4.78, 5) is 2.89. The monoisotopic (exact) mass is 275 g/mol. The first-order valence-electron chi connectivity index (χ1n) is 6.33. The van der Waals surface area contributed by atoms with E-state index in [-0.39, 0.29) is 0 Å². The van der Waals surface area contributed by atoms with E-state index in [4.69, 9.17) is 0 Å². The fourth-order valence-electron chi connectivity index (χ4n) is 2.36. The Labute approximate surface area is 117 Å². The molecular weight excluding hydrogens is 258 g/mol. The van der Waals surface area contributed by atoms with Crippen molar-refractivity contribution in [1.29, 1.82) is 0 Å². The lowest BCUT2D eigenvalue weighted by Crippen LogP contribution is -2.24. The molecule has 0 amide bonds. The Bertz CT molecular complexity index is 507. The van der Waals surface area contributed by atoms with E-state index >= 15 is 0 Å². The number of benzene rings is 1. The lowest BCUT2D eigenvalue weighted by molar-refractivity contribution is 0.547. The maximum Gasteiger partial charge on any atom is 0.0386 e. The summed E-state index contributed by atoms with van der Waals surface area (Å²) in [6.07, 6.45) is 0. The van der Waals surface area contributed by atoms with Gasteiger partial charge >= 0.3 is 0 Å². The highest BCUT2D eigenvalue weighted by Gasteiger charge is 2.22. The van der Waals surface area contributed by atoms with Gasteiger partial charge in [0, 0.05) is 34.0 Å². The fraction of sp³-hybridized carbons (Fsp3) is 0.333. The largest absolute Gasteiger partial charge is 0.309 e. The van der Waals surface area contributed by atoms with Crippen molar-refractivity contribution in [2.75, 3.05) is 12.3 Å². The summed E-state index contributed by atoms with van der Waals surface area (Å²) < 4.78 is 0. The third kappa shape index (κ3) is 2.48. The summed E-state index contributed by atoms with van der Waals surface area (Å²) in [7, 11) is 0. The third-order valence-electron chi connectivity index (χ3n) is 3.44. The molecule has 1 aromatic carbocycles. The summed E-state index contributed by atoms with van der Waals surface area (Å²) >= 11 is 3.82. The Morgan fingerprint density at radius 1 is 1.28 bits per heavy atom. The molecule has 0 saturated carbocycles. The highest BCUT2D eigenvalue weighted by atomic mass is 32.2. The molecule has 2 heterocycles. The summed E-state index contributed by atoms with van der Waals surface area (Å²) in [6.45, 7) is 3.32. The van der Waals surface area contributed by atoms with Gasteiger partial charge < -0.3 is 5.32 Å². The van der Waals surface area contributed by atoms with Crippen LogP contribution in [0.15, 0.2) is 46.7 Å². The van der Waals surface area contributed by atoms with Gasteiger partial charge in [0.1, 0.15) is 0 Å². The maximum absolute atomic E-state index is 3.66. The molecule has 2 atom stereocenters. The molecule has 1 aromatic heterocycles. The van der Waals surface area contributed by atoms with E-state index in [1.807, 2.05) is 23.1 Å². The van der Waals surface area contributed by atoms with E-state index in [1.54, 1.807) is 0 Å². The molecule has 3 rings (SSSR count). The van der Waals surface area contributed by atoms with E-state index in [2.05, 4.69) is 54.0 Å². The van der Waals surface area contributed by atoms with Gasteiger partial charge in [-0.3, -0.25) is 0 Å². The number of nitrogens with one attached hydrogen (secondary N) is 1. The van der Waals surface area contributed by atoms with Crippen LogP contribution in [0, 0.1) is 0 Å². The van der Waals surface area contributed by atoms with Crippen LogP contribution >= 0.6 is 23.1 Å². The topological polar surface area (TPSA) is 12.0 Å². The normalized spacial score (nSPS) is 19.7. The molecule has 2 unspecified atom stereocenters. The van der Waals surface area contributed by atoms with Crippen molar-refractivity contribution in [3.05, 3.63) is 52.2 Å². The zero-order chi connectivity index (χ0) is 12.4. The predicted molar refractivity (Wildman–Crippen MR) is 80.6 cm³/mol. The average molecular weight is 275 g/mol. The standard InChI is InChI=1S/C15H17NS2/c1-11(14-7-4-8-17-14)16-9-12-10-18-15-6-3-2-5-13(12)15/h2-8,11-12,16H,9-10H2,1H3. The van der Waals surface area contributed by atoms with Gasteiger partial charge in [0.25, 0.3) is 0 Å². The molecule has 18 heavy (non-hydrogen) atoms. The first-order chi connectivity index (χ1) is 8.84. The summed E-state index contributed by atoms with van der Waals surface area (Å²) in [5.41, 5.74) is 1.52. The van der Waals surface area contributed by atoms with Crippen LogP contribution in [0.4, 0.5) is 0 Å². The minimum absolute atomic E-state index is 0.461. The van der Waals surface area contributed by atoms with Gasteiger partial charge in [-0.1, -0.05) is 24.3 Å². The highest BCUT2D eigenvalue weighted by molar-refractivity contribution is 7.99. The number of thiophene rings is 1. The predicted octanol–water partition coefficient (Wildman–Crippen LogP) is 4.29. The average Bonchev–Trinajstić information content (AvgIpc) is 3.06. The smallest absolute Gasteiger partial charge is 0.0386 e. The molecule has 1 aliphatic rings. The van der Waals surface area contributed by atoms with Gasteiger partial charge in [-0.25, -0.2) is 0 Å². The molecule has 1 aliphatic heterocycles. The Morgan fingerprint density at radius 3 is 3.00 bits per heavy atom. The van der Waals surface area contributed by atoms with Gasteiger partial charge in [-0.15, -0.1) is 23.1 Å². The van der Waals surface area contributed by atoms with E-state index in [0.29, 0.717) is 12.0 Å². The van der Waals surface area contributed by atoms with E-state index in [1.165, 1.54) is 21.1 Å². The Hall–Kier alpha value is -0.770. The molecule has 0 saturated heterocycles. The lowest BCUT2D eigenvalue weighted by Gasteiger charge is -2.16. The molecule has 1 nitrogen and oxygen atoms in total. The summed E-state index contributed by atoms with van der Waals surface area (Å²) in [5, 5.41) is 5.81. The second kappa shape index (κ2) is 5.47. The number of rotatable bonds is 4. The van der Waals surface area contributed by atoms with Crippen LogP contribution in [0.5, 0.6) is 0 Å². The molecule has 0 fully saturated rings. The van der Waals surface area contributed by atoms with Gasteiger partial charge in [0.05, 0.1) is 0 Å². The summed E-state index contributed by atoms with van der Waals surface area (Å²) in [6, 6.07) is 13.6. The minimum atomic E-state index is 0.461. The molecule has 0 bridgehead atoms. The molecule has 94 valence electrons. The maximum atomic E-state index is 3.66. The van der Waals surface area contributed by atoms with E-state index in [0.717, 1.165) is 6.54 Å². The molecule has 1 N–H and O–H groups in total.